The van der Waals surface area contributed by atoms with Crippen LogP contribution in [0.5, 0.6) is 0 Å². The van der Waals surface area contributed by atoms with Crippen molar-refractivity contribution in [1.29, 1.82) is 0 Å². The Morgan fingerprint density at radius 3 is 2.46 bits per heavy atom. The van der Waals surface area contributed by atoms with Gasteiger partial charge in [-0.1, -0.05) is 53.7 Å². The number of nitrogens with two attached hydrogens (primary N) is 1. The van der Waals surface area contributed by atoms with Crippen molar-refractivity contribution in [2.45, 2.75) is 51.3 Å². The van der Waals surface area contributed by atoms with Gasteiger partial charge in [0.15, 0.2) is 0 Å². The Morgan fingerprint density at radius 2 is 1.76 bits per heavy atom. The summed E-state index contributed by atoms with van der Waals surface area (Å²) in [5, 5.41) is 11.4. The number of carbonyl (C=O) groups is 3. The number of nitrogens with zero attached hydrogens (tertiary/aromatic N) is 2. The molecule has 0 saturated carbocycles. The topological polar surface area (TPSA) is 149 Å². The van der Waals surface area contributed by atoms with Crippen LogP contribution in [0, 0.1) is 0 Å². The molecule has 0 saturated heterocycles. The molecule has 4 rings (SSSR count). The lowest BCUT2D eigenvalue weighted by Gasteiger charge is -2.16. The molecule has 2 aromatic heterocycles. The molecule has 2 aromatic carbocycles. The van der Waals surface area contributed by atoms with E-state index < -0.39 is 17.9 Å². The van der Waals surface area contributed by atoms with Crippen LogP contribution in [0.2, 0.25) is 0 Å². The van der Waals surface area contributed by atoms with Crippen LogP contribution in [0.1, 0.15) is 75.1 Å². The first-order valence-corrected chi connectivity index (χ1v) is 14.3. The minimum Gasteiger partial charge on any atom is -0.445 e. The maximum Gasteiger partial charge on any atom is 0.408 e. The highest BCUT2D eigenvalue weighted by atomic mass is 32.1. The maximum absolute atomic E-state index is 13.2. The first kappa shape index (κ1) is 29.6. The molecule has 0 fully saturated rings. The van der Waals surface area contributed by atoms with Crippen LogP contribution in [-0.4, -0.2) is 40.5 Å². The lowest BCUT2D eigenvalue weighted by atomic mass is 10.0. The summed E-state index contributed by atoms with van der Waals surface area (Å²) < 4.78 is 10.6. The summed E-state index contributed by atoms with van der Waals surface area (Å²) in [5.41, 5.74) is 7.79. The largest absolute Gasteiger partial charge is 0.445 e. The number of amides is 2. The van der Waals surface area contributed by atoms with Crippen molar-refractivity contribution in [1.82, 2.24) is 20.8 Å². The summed E-state index contributed by atoms with van der Waals surface area (Å²) in [4.78, 5) is 43.6. The summed E-state index contributed by atoms with van der Waals surface area (Å²) in [7, 11) is 0. The lowest BCUT2D eigenvalue weighted by Crippen LogP contribution is -2.41. The van der Waals surface area contributed by atoms with Gasteiger partial charge in [-0.2, -0.15) is 4.98 Å². The number of alkyl carbamates (subject to hydrolysis) is 1. The molecule has 214 valence electrons. The van der Waals surface area contributed by atoms with E-state index in [2.05, 4.69) is 20.8 Å². The van der Waals surface area contributed by atoms with E-state index >= 15 is 0 Å². The van der Waals surface area contributed by atoms with E-state index in [4.69, 9.17) is 15.0 Å². The van der Waals surface area contributed by atoms with E-state index in [1.54, 1.807) is 35.6 Å². The van der Waals surface area contributed by atoms with E-state index in [9.17, 15) is 14.4 Å². The molecular formula is C30H33N5O5S. The smallest absolute Gasteiger partial charge is 0.408 e. The Labute approximate surface area is 242 Å². The summed E-state index contributed by atoms with van der Waals surface area (Å²) in [6.07, 6.45) is 1.25. The summed E-state index contributed by atoms with van der Waals surface area (Å²) >= 11 is 1.59. The van der Waals surface area contributed by atoms with Crippen molar-refractivity contribution in [3.63, 3.8) is 0 Å². The van der Waals surface area contributed by atoms with Gasteiger partial charge in [0.1, 0.15) is 6.61 Å². The van der Waals surface area contributed by atoms with Gasteiger partial charge in [-0.05, 0) is 67.4 Å². The first-order chi connectivity index (χ1) is 19.9. The fourth-order valence-corrected chi connectivity index (χ4v) is 4.82. The molecule has 2 amide bonds. The van der Waals surface area contributed by atoms with Gasteiger partial charge >= 0.3 is 6.09 Å². The molecule has 2 unspecified atom stereocenters. The number of unbranched alkanes of at least 4 members (excludes halogenated alkanes) is 1. The Balaban J connectivity index is 1.34. The highest BCUT2D eigenvalue weighted by molar-refractivity contribution is 7.10. The summed E-state index contributed by atoms with van der Waals surface area (Å²) in [6.45, 7) is 2.50. The van der Waals surface area contributed by atoms with Gasteiger partial charge < -0.3 is 25.6 Å². The quantitative estimate of drug-likeness (QED) is 0.143. The molecule has 11 heteroatoms. The zero-order valence-electron chi connectivity index (χ0n) is 22.7. The number of carbonyl (C=O) groups excluding carboxylic acids is 3. The average molecular weight is 576 g/mol. The SMILES string of the molecule is CC(NC(=O)c1ccc(Cc2nc(C(=O)C(CCCCN)NC(=O)OCc3ccccc3)no2)cc1)c1cccs1. The lowest BCUT2D eigenvalue weighted by molar-refractivity contribution is 0.0896. The number of ether oxygens (including phenoxy) is 1. The molecular weight excluding hydrogens is 542 g/mol. The first-order valence-electron chi connectivity index (χ1n) is 13.4. The molecule has 10 nitrogen and oxygen atoms in total. The molecule has 0 aliphatic carbocycles. The second-order valence-corrected chi connectivity index (χ2v) is 10.5. The third-order valence-electron chi connectivity index (χ3n) is 6.35. The number of hydrogen-bond donors (Lipinski definition) is 3. The van der Waals surface area contributed by atoms with Crippen LogP contribution in [0.15, 0.2) is 76.6 Å². The maximum atomic E-state index is 13.2. The molecule has 2 heterocycles. The predicted octanol–water partition coefficient (Wildman–Crippen LogP) is 4.82. The normalized spacial score (nSPS) is 12.3. The molecule has 4 N–H and O–H groups in total. The van der Waals surface area contributed by atoms with Gasteiger partial charge in [0.05, 0.1) is 18.5 Å². The van der Waals surface area contributed by atoms with E-state index in [1.165, 1.54) is 0 Å². The number of benzene rings is 2. The molecule has 0 spiro atoms. The predicted molar refractivity (Wildman–Crippen MR) is 155 cm³/mol. The molecule has 0 radical (unpaired) electrons. The second kappa shape index (κ2) is 14.9. The van der Waals surface area contributed by atoms with E-state index in [0.717, 1.165) is 16.0 Å². The van der Waals surface area contributed by atoms with Crippen LogP contribution >= 0.6 is 11.3 Å². The molecule has 4 aromatic rings. The summed E-state index contributed by atoms with van der Waals surface area (Å²) in [5.74, 6) is -0.525. The number of thiophene rings is 1. The Morgan fingerprint density at radius 1 is 0.976 bits per heavy atom. The average Bonchev–Trinajstić information content (AvgIpc) is 3.69. The van der Waals surface area contributed by atoms with Crippen molar-refractivity contribution in [2.24, 2.45) is 5.73 Å². The molecule has 41 heavy (non-hydrogen) atoms. The van der Waals surface area contributed by atoms with E-state index in [1.807, 2.05) is 54.8 Å². The van der Waals surface area contributed by atoms with Gasteiger partial charge in [-0.3, -0.25) is 9.59 Å². The van der Waals surface area contributed by atoms with Gasteiger partial charge in [0.2, 0.25) is 17.5 Å². The second-order valence-electron chi connectivity index (χ2n) is 9.50. The third kappa shape index (κ3) is 8.82. The minimum atomic E-state index is -0.885. The number of ketones is 1. The van der Waals surface area contributed by atoms with Crippen LogP contribution in [0.4, 0.5) is 4.79 Å². The monoisotopic (exact) mass is 575 g/mol. The number of aromatic nitrogens is 2. The molecule has 0 aliphatic rings. The Kier molecular flexibility index (Phi) is 10.7. The molecule has 0 bridgehead atoms. The fraction of sp³-hybridized carbons (Fsp3) is 0.300. The van der Waals surface area contributed by atoms with Crippen molar-refractivity contribution < 1.29 is 23.6 Å². The van der Waals surface area contributed by atoms with Gasteiger partial charge in [0, 0.05) is 10.4 Å². The third-order valence-corrected chi connectivity index (χ3v) is 7.40. The zero-order chi connectivity index (χ0) is 29.0. The van der Waals surface area contributed by atoms with Crippen molar-refractivity contribution in [3.8, 4) is 0 Å². The Bertz CT molecular complexity index is 1410. The zero-order valence-corrected chi connectivity index (χ0v) is 23.6. The Hall–Kier alpha value is -4.35. The molecule has 2 atom stereocenters. The molecule has 0 aliphatic heterocycles. The van der Waals surface area contributed by atoms with Crippen LogP contribution in [-0.2, 0) is 17.8 Å². The van der Waals surface area contributed by atoms with Crippen LogP contribution < -0.4 is 16.4 Å². The fourth-order valence-electron chi connectivity index (χ4n) is 4.09. The highest BCUT2D eigenvalue weighted by Gasteiger charge is 2.27. The van der Waals surface area contributed by atoms with Gasteiger partial charge in [-0.15, -0.1) is 11.3 Å². The number of rotatable bonds is 14. The van der Waals surface area contributed by atoms with Gasteiger partial charge in [0.25, 0.3) is 5.91 Å². The van der Waals surface area contributed by atoms with Crippen LogP contribution in [0.3, 0.4) is 0 Å². The van der Waals surface area contributed by atoms with Crippen molar-refractivity contribution in [3.05, 3.63) is 105 Å². The number of Topliss-reactive ketones (excluding diaryl/α,β-unsaturated/α-hetero) is 1. The highest BCUT2D eigenvalue weighted by Crippen LogP contribution is 2.19. The number of nitrogens with one attached hydrogen (secondary N) is 2. The van der Waals surface area contributed by atoms with Crippen LogP contribution in [0.25, 0.3) is 0 Å². The minimum absolute atomic E-state index is 0.0802. The van der Waals surface area contributed by atoms with Crippen molar-refractivity contribution in [2.75, 3.05) is 6.54 Å². The van der Waals surface area contributed by atoms with E-state index in [-0.39, 0.29) is 36.7 Å². The van der Waals surface area contributed by atoms with E-state index in [0.29, 0.717) is 31.4 Å². The van der Waals surface area contributed by atoms with Crippen molar-refractivity contribution >= 4 is 29.1 Å². The number of hydrogen-bond acceptors (Lipinski definition) is 9. The summed E-state index contributed by atoms with van der Waals surface area (Å²) in [6, 6.07) is 19.3. The van der Waals surface area contributed by atoms with Gasteiger partial charge in [-0.25, -0.2) is 4.79 Å². The standard InChI is InChI=1S/C30H33N5O5S/c1-20(25-11-7-17-41-25)32-29(37)23-14-12-21(13-15-23)18-26-34-28(35-40-26)27(36)24(10-5-6-16-31)33-30(38)39-19-22-8-3-2-4-9-22/h2-4,7-9,11-15,17,20,24H,5-6,10,16,18-19,31H2,1H3,(H,32,37)(H,33,38).